The summed E-state index contributed by atoms with van der Waals surface area (Å²) < 4.78 is 39.9. The monoisotopic (exact) mass is 251 g/mol. The molecule has 18 heavy (non-hydrogen) atoms. The highest BCUT2D eigenvalue weighted by Gasteiger charge is 2.37. The summed E-state index contributed by atoms with van der Waals surface area (Å²) in [7, 11) is 0. The summed E-state index contributed by atoms with van der Waals surface area (Å²) >= 11 is 0. The van der Waals surface area contributed by atoms with Crippen LogP contribution in [0.5, 0.6) is 0 Å². The van der Waals surface area contributed by atoms with Crippen LogP contribution < -0.4 is 0 Å². The largest absolute Gasteiger partial charge is 0.433 e. The highest BCUT2D eigenvalue weighted by molar-refractivity contribution is 5.85. The zero-order valence-corrected chi connectivity index (χ0v) is 9.15. The SMILES string of the molecule is FC(F)(F)c1cnc2n1-c1ccccc1C=NC2. The van der Waals surface area contributed by atoms with Gasteiger partial charge in [-0.25, -0.2) is 4.98 Å². The summed E-state index contributed by atoms with van der Waals surface area (Å²) in [5, 5.41) is 0. The summed E-state index contributed by atoms with van der Waals surface area (Å²) in [6.07, 6.45) is -2.00. The molecule has 1 aromatic heterocycles. The van der Waals surface area contributed by atoms with Gasteiger partial charge in [0, 0.05) is 11.8 Å². The maximum Gasteiger partial charge on any atom is 0.433 e. The topological polar surface area (TPSA) is 30.2 Å². The van der Waals surface area contributed by atoms with Crippen LogP contribution >= 0.6 is 0 Å². The average molecular weight is 251 g/mol. The third-order valence-corrected chi connectivity index (χ3v) is 2.77. The van der Waals surface area contributed by atoms with Crippen LogP contribution in [0.1, 0.15) is 17.1 Å². The van der Waals surface area contributed by atoms with Gasteiger partial charge in [-0.3, -0.25) is 9.56 Å². The third-order valence-electron chi connectivity index (χ3n) is 2.77. The second-order valence-electron chi connectivity index (χ2n) is 3.92. The Labute approximate surface area is 101 Å². The number of fused-ring (bicyclic) bond motifs is 3. The van der Waals surface area contributed by atoms with E-state index in [1.165, 1.54) is 0 Å². The van der Waals surface area contributed by atoms with Gasteiger partial charge in [-0.2, -0.15) is 13.2 Å². The van der Waals surface area contributed by atoms with Crippen LogP contribution in [0, 0.1) is 0 Å². The van der Waals surface area contributed by atoms with E-state index in [1.54, 1.807) is 30.5 Å². The molecule has 1 aromatic carbocycles. The van der Waals surface area contributed by atoms with Crippen molar-refractivity contribution < 1.29 is 13.2 Å². The molecular formula is C12H8F3N3. The van der Waals surface area contributed by atoms with E-state index in [1.807, 2.05) is 0 Å². The average Bonchev–Trinajstić information content (AvgIpc) is 2.66. The first-order valence-electron chi connectivity index (χ1n) is 5.30. The van der Waals surface area contributed by atoms with Crippen molar-refractivity contribution in [1.82, 2.24) is 9.55 Å². The van der Waals surface area contributed by atoms with Gasteiger partial charge in [0.05, 0.1) is 18.4 Å². The Morgan fingerprint density at radius 1 is 1.17 bits per heavy atom. The summed E-state index contributed by atoms with van der Waals surface area (Å²) in [4.78, 5) is 7.88. The Kier molecular flexibility index (Phi) is 2.26. The molecule has 2 aromatic rings. The van der Waals surface area contributed by atoms with Crippen LogP contribution in [0.4, 0.5) is 13.2 Å². The van der Waals surface area contributed by atoms with Gasteiger partial charge in [0.2, 0.25) is 0 Å². The number of benzene rings is 1. The lowest BCUT2D eigenvalue weighted by molar-refractivity contribution is -0.142. The molecule has 1 aliphatic heterocycles. The van der Waals surface area contributed by atoms with Gasteiger partial charge in [0.1, 0.15) is 11.5 Å². The molecule has 0 radical (unpaired) electrons. The fraction of sp³-hybridized carbons (Fsp3) is 0.167. The van der Waals surface area contributed by atoms with Crippen molar-refractivity contribution in [1.29, 1.82) is 0 Å². The zero-order chi connectivity index (χ0) is 12.8. The molecule has 0 N–H and O–H groups in total. The number of hydrogen-bond donors (Lipinski definition) is 0. The van der Waals surface area contributed by atoms with Crippen LogP contribution in [0.3, 0.4) is 0 Å². The quantitative estimate of drug-likeness (QED) is 0.708. The molecule has 0 unspecified atom stereocenters. The molecule has 0 spiro atoms. The number of aliphatic imine (C=N–C) groups is 1. The first-order chi connectivity index (χ1) is 8.57. The van der Waals surface area contributed by atoms with E-state index >= 15 is 0 Å². The Hall–Kier alpha value is -2.11. The minimum Gasteiger partial charge on any atom is -0.290 e. The standard InChI is InChI=1S/C12H8F3N3/c13-12(14,15)10-6-17-11-7-16-5-8-3-1-2-4-9(8)18(10)11/h1-6H,7H2. The normalized spacial score (nSPS) is 13.9. The molecule has 0 bridgehead atoms. The fourth-order valence-electron chi connectivity index (χ4n) is 2.00. The number of alkyl halides is 3. The maximum atomic E-state index is 12.9. The van der Waals surface area contributed by atoms with E-state index in [0.29, 0.717) is 17.1 Å². The Morgan fingerprint density at radius 3 is 2.72 bits per heavy atom. The van der Waals surface area contributed by atoms with Crippen molar-refractivity contribution in [2.45, 2.75) is 12.7 Å². The maximum absolute atomic E-state index is 12.9. The second-order valence-corrected chi connectivity index (χ2v) is 3.92. The lowest BCUT2D eigenvalue weighted by Gasteiger charge is -2.13. The zero-order valence-electron chi connectivity index (χ0n) is 9.15. The number of rotatable bonds is 0. The summed E-state index contributed by atoms with van der Waals surface area (Å²) in [5.41, 5.74) is 0.341. The molecule has 3 nitrogen and oxygen atoms in total. The lowest BCUT2D eigenvalue weighted by atomic mass is 10.2. The minimum atomic E-state index is -4.43. The molecule has 6 heteroatoms. The van der Waals surface area contributed by atoms with Crippen molar-refractivity contribution in [3.8, 4) is 5.69 Å². The van der Waals surface area contributed by atoms with Gasteiger partial charge in [0.15, 0.2) is 0 Å². The van der Waals surface area contributed by atoms with Gasteiger partial charge in [-0.05, 0) is 6.07 Å². The molecule has 0 saturated carbocycles. The Bertz CT molecular complexity index is 626. The van der Waals surface area contributed by atoms with Gasteiger partial charge < -0.3 is 0 Å². The van der Waals surface area contributed by atoms with E-state index in [2.05, 4.69) is 9.98 Å². The highest BCUT2D eigenvalue weighted by atomic mass is 19.4. The summed E-state index contributed by atoms with van der Waals surface area (Å²) in [6, 6.07) is 6.82. The summed E-state index contributed by atoms with van der Waals surface area (Å²) in [5.74, 6) is 0.295. The highest BCUT2D eigenvalue weighted by Crippen LogP contribution is 2.33. The predicted octanol–water partition coefficient (Wildman–Crippen LogP) is 2.82. The van der Waals surface area contributed by atoms with E-state index < -0.39 is 11.9 Å². The van der Waals surface area contributed by atoms with Crippen LogP contribution in [0.2, 0.25) is 0 Å². The minimum absolute atomic E-state index is 0.144. The van der Waals surface area contributed by atoms with Crippen LogP contribution in [-0.4, -0.2) is 15.8 Å². The predicted molar refractivity (Wildman–Crippen MR) is 59.9 cm³/mol. The molecule has 3 rings (SSSR count). The van der Waals surface area contributed by atoms with Crippen molar-refractivity contribution in [3.63, 3.8) is 0 Å². The number of aromatic nitrogens is 2. The van der Waals surface area contributed by atoms with E-state index in [4.69, 9.17) is 0 Å². The molecular weight excluding hydrogens is 243 g/mol. The molecule has 0 aliphatic carbocycles. The van der Waals surface area contributed by atoms with Crippen molar-refractivity contribution in [2.75, 3.05) is 0 Å². The lowest BCUT2D eigenvalue weighted by Crippen LogP contribution is -2.14. The van der Waals surface area contributed by atoms with E-state index in [-0.39, 0.29) is 6.54 Å². The second kappa shape index (κ2) is 3.69. The first-order valence-corrected chi connectivity index (χ1v) is 5.30. The first kappa shape index (κ1) is 11.0. The number of nitrogens with zero attached hydrogens (tertiary/aromatic N) is 3. The number of imidazole rings is 1. The van der Waals surface area contributed by atoms with Gasteiger partial charge in [-0.15, -0.1) is 0 Å². The van der Waals surface area contributed by atoms with Crippen LogP contribution in [0.15, 0.2) is 35.5 Å². The smallest absolute Gasteiger partial charge is 0.290 e. The van der Waals surface area contributed by atoms with Crippen LogP contribution in [-0.2, 0) is 12.7 Å². The van der Waals surface area contributed by atoms with Gasteiger partial charge in [0.25, 0.3) is 0 Å². The van der Waals surface area contributed by atoms with Crippen molar-refractivity contribution in [2.24, 2.45) is 4.99 Å². The molecule has 92 valence electrons. The summed E-state index contributed by atoms with van der Waals surface area (Å²) in [6.45, 7) is 0.144. The van der Waals surface area contributed by atoms with Gasteiger partial charge in [-0.1, -0.05) is 18.2 Å². The molecule has 0 fully saturated rings. The number of para-hydroxylation sites is 1. The molecule has 2 heterocycles. The Morgan fingerprint density at radius 2 is 1.94 bits per heavy atom. The molecule has 0 saturated heterocycles. The molecule has 0 amide bonds. The van der Waals surface area contributed by atoms with Crippen molar-refractivity contribution in [3.05, 3.63) is 47.5 Å². The van der Waals surface area contributed by atoms with Gasteiger partial charge >= 0.3 is 6.18 Å². The molecule has 1 aliphatic rings. The Balaban J connectivity index is 2.31. The van der Waals surface area contributed by atoms with E-state index in [9.17, 15) is 13.2 Å². The number of hydrogen-bond acceptors (Lipinski definition) is 2. The van der Waals surface area contributed by atoms with Crippen molar-refractivity contribution >= 4 is 6.21 Å². The van der Waals surface area contributed by atoms with Crippen LogP contribution in [0.25, 0.3) is 5.69 Å². The molecule has 0 atom stereocenters. The third kappa shape index (κ3) is 1.61. The number of halogens is 3. The van der Waals surface area contributed by atoms with E-state index in [0.717, 1.165) is 10.8 Å². The fourth-order valence-corrected chi connectivity index (χ4v) is 2.00.